The van der Waals surface area contributed by atoms with E-state index in [2.05, 4.69) is 19.6 Å². The molecule has 0 aliphatic carbocycles. The second-order valence-electron chi connectivity index (χ2n) is 4.98. The molecule has 5 heteroatoms. The standard InChI is InChI=1S/C8H22O2Si3/c1-13(2,3)8(12-10-11)6-4-5-7-9-8/h4-7,12H2,1-3,11H3. The van der Waals surface area contributed by atoms with Crippen molar-refractivity contribution in [3.05, 3.63) is 0 Å². The third-order valence-corrected chi connectivity index (χ3v) is 12.0. The molecule has 1 rings (SSSR count). The molecule has 1 aliphatic rings. The van der Waals surface area contributed by atoms with Crippen molar-refractivity contribution in [1.29, 1.82) is 0 Å². The highest BCUT2D eigenvalue weighted by Crippen LogP contribution is 2.32. The number of hydrogen-bond donors (Lipinski definition) is 0. The SMILES string of the molecule is C[Si](C)(C)C1([SiH2]O[SiH3])CCCCO1. The van der Waals surface area contributed by atoms with Gasteiger partial charge >= 0.3 is 0 Å². The molecular formula is C8H22O2Si3. The van der Waals surface area contributed by atoms with Gasteiger partial charge in [-0.2, -0.15) is 0 Å². The molecule has 0 aromatic heterocycles. The van der Waals surface area contributed by atoms with Crippen LogP contribution in [0.2, 0.25) is 19.6 Å². The van der Waals surface area contributed by atoms with Gasteiger partial charge in [-0.05, 0) is 19.3 Å². The van der Waals surface area contributed by atoms with E-state index in [-0.39, 0.29) is 4.85 Å². The Morgan fingerprint density at radius 1 is 1.38 bits per heavy atom. The molecule has 0 spiro atoms. The molecule has 2 nitrogen and oxygen atoms in total. The molecule has 0 radical (unpaired) electrons. The number of rotatable bonds is 3. The molecule has 78 valence electrons. The summed E-state index contributed by atoms with van der Waals surface area (Å²) in [6.07, 6.45) is 3.88. The zero-order valence-corrected chi connectivity index (χ0v) is 13.8. The van der Waals surface area contributed by atoms with Crippen LogP contribution in [-0.2, 0) is 8.85 Å². The quantitative estimate of drug-likeness (QED) is 0.647. The van der Waals surface area contributed by atoms with Gasteiger partial charge in [-0.15, -0.1) is 0 Å². The van der Waals surface area contributed by atoms with Crippen molar-refractivity contribution in [1.82, 2.24) is 0 Å². The van der Waals surface area contributed by atoms with E-state index in [4.69, 9.17) is 8.85 Å². The second-order valence-corrected chi connectivity index (χ2v) is 14.8. The predicted molar refractivity (Wildman–Crippen MR) is 65.4 cm³/mol. The van der Waals surface area contributed by atoms with E-state index in [0.717, 1.165) is 17.1 Å². The van der Waals surface area contributed by atoms with E-state index in [9.17, 15) is 0 Å². The monoisotopic (exact) mass is 234 g/mol. The van der Waals surface area contributed by atoms with Crippen LogP contribution in [0.25, 0.3) is 0 Å². The average molecular weight is 235 g/mol. The summed E-state index contributed by atoms with van der Waals surface area (Å²) in [5.74, 6) is 0. The molecule has 1 saturated heterocycles. The van der Waals surface area contributed by atoms with Gasteiger partial charge in [0.25, 0.3) is 0 Å². The minimum Gasteiger partial charge on any atom is -0.466 e. The Morgan fingerprint density at radius 3 is 2.46 bits per heavy atom. The van der Waals surface area contributed by atoms with E-state index in [1.807, 2.05) is 0 Å². The first-order valence-corrected chi connectivity index (χ1v) is 10.7. The van der Waals surface area contributed by atoms with E-state index >= 15 is 0 Å². The summed E-state index contributed by atoms with van der Waals surface area (Å²) >= 11 is 0. The molecule has 1 heterocycles. The molecule has 0 aromatic rings. The van der Waals surface area contributed by atoms with Crippen LogP contribution in [0.4, 0.5) is 0 Å². The van der Waals surface area contributed by atoms with Crippen molar-refractivity contribution in [3.8, 4) is 0 Å². The van der Waals surface area contributed by atoms with Crippen molar-refractivity contribution < 1.29 is 8.85 Å². The van der Waals surface area contributed by atoms with Crippen molar-refractivity contribution in [2.45, 2.75) is 43.8 Å². The first-order chi connectivity index (χ1) is 6.02. The van der Waals surface area contributed by atoms with Crippen LogP contribution in [0.15, 0.2) is 0 Å². The number of hydrogen-bond acceptors (Lipinski definition) is 2. The van der Waals surface area contributed by atoms with Gasteiger partial charge in [-0.25, -0.2) is 0 Å². The zero-order valence-electron chi connectivity index (χ0n) is 9.35. The molecule has 1 unspecified atom stereocenters. The Kier molecular flexibility index (Phi) is 3.94. The van der Waals surface area contributed by atoms with Crippen LogP contribution in [0.5, 0.6) is 0 Å². The highest BCUT2D eigenvalue weighted by atomic mass is 28.4. The topological polar surface area (TPSA) is 18.5 Å². The molecular weight excluding hydrogens is 212 g/mol. The summed E-state index contributed by atoms with van der Waals surface area (Å²) in [7, 11) is -0.731. The molecule has 0 N–H and O–H groups in total. The molecule has 1 fully saturated rings. The molecule has 0 amide bonds. The molecule has 0 bridgehead atoms. The van der Waals surface area contributed by atoms with Crippen LogP contribution in [0.1, 0.15) is 19.3 Å². The maximum atomic E-state index is 6.09. The van der Waals surface area contributed by atoms with Gasteiger partial charge in [0.15, 0.2) is 9.76 Å². The lowest BCUT2D eigenvalue weighted by Crippen LogP contribution is -2.60. The fourth-order valence-electron chi connectivity index (χ4n) is 2.01. The maximum absolute atomic E-state index is 6.09. The minimum absolute atomic E-state index is 0.257. The lowest BCUT2D eigenvalue weighted by Gasteiger charge is -2.45. The van der Waals surface area contributed by atoms with Gasteiger partial charge in [-0.3, -0.25) is 0 Å². The smallest absolute Gasteiger partial charge is 0.175 e. The molecule has 1 aliphatic heterocycles. The summed E-state index contributed by atoms with van der Waals surface area (Å²) in [6.45, 7) is 8.24. The summed E-state index contributed by atoms with van der Waals surface area (Å²) in [4.78, 5) is 0.257. The van der Waals surface area contributed by atoms with E-state index in [0.29, 0.717) is 0 Å². The van der Waals surface area contributed by atoms with E-state index in [1.54, 1.807) is 0 Å². The molecule has 1 atom stereocenters. The zero-order chi connectivity index (χ0) is 9.95. The van der Waals surface area contributed by atoms with Gasteiger partial charge in [-0.1, -0.05) is 19.6 Å². The minimum atomic E-state index is -1.19. The fourth-order valence-corrected chi connectivity index (χ4v) is 8.99. The van der Waals surface area contributed by atoms with Crippen molar-refractivity contribution in [3.63, 3.8) is 0 Å². The van der Waals surface area contributed by atoms with E-state index < -0.39 is 17.8 Å². The average Bonchev–Trinajstić information content (AvgIpc) is 2.04. The van der Waals surface area contributed by atoms with Crippen LogP contribution in [-0.4, -0.2) is 39.8 Å². The molecule has 0 saturated carbocycles. The van der Waals surface area contributed by atoms with E-state index in [1.165, 1.54) is 19.3 Å². The van der Waals surface area contributed by atoms with Gasteiger partial charge < -0.3 is 8.85 Å². The van der Waals surface area contributed by atoms with Crippen LogP contribution >= 0.6 is 0 Å². The second kappa shape index (κ2) is 4.39. The summed E-state index contributed by atoms with van der Waals surface area (Å²) in [5.41, 5.74) is 0. The van der Waals surface area contributed by atoms with Crippen LogP contribution < -0.4 is 0 Å². The Balaban J connectivity index is 2.73. The van der Waals surface area contributed by atoms with Crippen molar-refractivity contribution in [2.75, 3.05) is 6.61 Å². The summed E-state index contributed by atoms with van der Waals surface area (Å²) in [5, 5.41) is 0. The third kappa shape index (κ3) is 2.53. The third-order valence-electron chi connectivity index (χ3n) is 3.10. The Hall–Kier alpha value is 0.571. The Labute approximate surface area is 87.9 Å². The van der Waals surface area contributed by atoms with Crippen molar-refractivity contribution >= 4 is 28.3 Å². The lowest BCUT2D eigenvalue weighted by atomic mass is 10.2. The van der Waals surface area contributed by atoms with Crippen LogP contribution in [0.3, 0.4) is 0 Å². The highest BCUT2D eigenvalue weighted by Gasteiger charge is 2.45. The Bertz CT molecular complexity index is 156. The predicted octanol–water partition coefficient (Wildman–Crippen LogP) is 0.141. The van der Waals surface area contributed by atoms with Gasteiger partial charge in [0, 0.05) is 6.61 Å². The fraction of sp³-hybridized carbons (Fsp3) is 1.00. The number of ether oxygens (including phenoxy) is 1. The van der Waals surface area contributed by atoms with Gasteiger partial charge in [0.1, 0.15) is 10.5 Å². The summed E-state index contributed by atoms with van der Waals surface area (Å²) in [6, 6.07) is 0. The highest BCUT2D eigenvalue weighted by molar-refractivity contribution is 6.86. The van der Waals surface area contributed by atoms with Crippen molar-refractivity contribution in [2.24, 2.45) is 0 Å². The largest absolute Gasteiger partial charge is 0.466 e. The lowest BCUT2D eigenvalue weighted by molar-refractivity contribution is 0.0228. The molecule has 0 aromatic carbocycles. The Morgan fingerprint density at radius 2 is 2.08 bits per heavy atom. The first kappa shape index (κ1) is 11.6. The summed E-state index contributed by atoms with van der Waals surface area (Å²) < 4.78 is 11.7. The maximum Gasteiger partial charge on any atom is 0.175 e. The first-order valence-electron chi connectivity index (χ1n) is 5.15. The van der Waals surface area contributed by atoms with Gasteiger partial charge in [0.05, 0.1) is 12.9 Å². The normalized spacial score (nSPS) is 31.6. The van der Waals surface area contributed by atoms with Gasteiger partial charge in [0.2, 0.25) is 0 Å². The van der Waals surface area contributed by atoms with Crippen LogP contribution in [0, 0.1) is 0 Å². The molecule has 13 heavy (non-hydrogen) atoms.